The van der Waals surface area contributed by atoms with Crippen molar-refractivity contribution in [2.24, 2.45) is 0 Å². The van der Waals surface area contributed by atoms with Gasteiger partial charge in [0, 0.05) is 23.8 Å². The molecule has 2 rings (SSSR count). The van der Waals surface area contributed by atoms with Crippen LogP contribution in [0, 0.1) is 0 Å². The third-order valence-corrected chi connectivity index (χ3v) is 2.43. The second kappa shape index (κ2) is 4.14. The normalized spacial score (nSPS) is 11.9. The zero-order chi connectivity index (χ0) is 11.6. The van der Waals surface area contributed by atoms with Crippen molar-refractivity contribution in [3.8, 4) is 0 Å². The molecule has 2 aromatic rings. The van der Waals surface area contributed by atoms with Crippen LogP contribution >= 0.6 is 0 Å². The van der Waals surface area contributed by atoms with Crippen LogP contribution in [0.1, 0.15) is 13.8 Å². The summed E-state index contributed by atoms with van der Waals surface area (Å²) in [5, 5.41) is 6.61. The summed E-state index contributed by atoms with van der Waals surface area (Å²) in [5.41, 5.74) is 2.74. The molecule has 0 unspecified atom stereocenters. The maximum absolute atomic E-state index is 5.27. The number of nitrogens with zero attached hydrogens (tertiary/aromatic N) is 1. The molecule has 0 atom stereocenters. The molecule has 1 heterocycles. The lowest BCUT2D eigenvalue weighted by atomic mass is 10.1. The Bertz CT molecular complexity index is 476. The van der Waals surface area contributed by atoms with E-state index in [0.717, 1.165) is 23.3 Å². The second-order valence-corrected chi connectivity index (χ2v) is 4.57. The lowest BCUT2D eigenvalue weighted by molar-refractivity contribution is 0.530. The van der Waals surface area contributed by atoms with Crippen LogP contribution in [0.25, 0.3) is 11.1 Å². The molecule has 0 bridgehead atoms. The molecule has 0 saturated heterocycles. The summed E-state index contributed by atoms with van der Waals surface area (Å²) in [7, 11) is 1.95. The van der Waals surface area contributed by atoms with E-state index in [-0.39, 0.29) is 5.54 Å². The Kier molecular flexibility index (Phi) is 2.83. The average molecular weight is 219 g/mol. The number of nitrogens with one attached hydrogen (secondary N) is 2. The van der Waals surface area contributed by atoms with Gasteiger partial charge in [0.2, 0.25) is 0 Å². The molecule has 86 valence electrons. The van der Waals surface area contributed by atoms with Crippen LogP contribution in [0.2, 0.25) is 0 Å². The van der Waals surface area contributed by atoms with Crippen molar-refractivity contribution in [2.45, 2.75) is 19.4 Å². The van der Waals surface area contributed by atoms with Gasteiger partial charge in [-0.1, -0.05) is 0 Å². The van der Waals surface area contributed by atoms with Crippen molar-refractivity contribution in [1.29, 1.82) is 0 Å². The Morgan fingerprint density at radius 1 is 1.38 bits per heavy atom. The highest BCUT2D eigenvalue weighted by atomic mass is 16.3. The zero-order valence-corrected chi connectivity index (χ0v) is 9.87. The van der Waals surface area contributed by atoms with Gasteiger partial charge in [-0.25, -0.2) is 4.98 Å². The second-order valence-electron chi connectivity index (χ2n) is 4.57. The number of likely N-dealkylation sites (N-methyl/N-ethyl adjacent to an activating group) is 1. The maximum atomic E-state index is 5.27. The van der Waals surface area contributed by atoms with Crippen molar-refractivity contribution >= 4 is 16.8 Å². The van der Waals surface area contributed by atoms with Crippen molar-refractivity contribution in [3.63, 3.8) is 0 Å². The van der Waals surface area contributed by atoms with Gasteiger partial charge in [0.1, 0.15) is 5.52 Å². The lowest BCUT2D eigenvalue weighted by Crippen LogP contribution is -2.40. The van der Waals surface area contributed by atoms with Gasteiger partial charge in [-0.2, -0.15) is 0 Å². The highest BCUT2D eigenvalue weighted by Crippen LogP contribution is 2.20. The first-order valence-corrected chi connectivity index (χ1v) is 5.37. The summed E-state index contributed by atoms with van der Waals surface area (Å²) >= 11 is 0. The van der Waals surface area contributed by atoms with E-state index in [4.69, 9.17) is 4.42 Å². The quantitative estimate of drug-likeness (QED) is 0.828. The molecule has 0 saturated carbocycles. The SMILES string of the molecule is CNCC(C)(C)Nc1ccc2ncoc2c1. The summed E-state index contributed by atoms with van der Waals surface area (Å²) in [5.74, 6) is 0. The Morgan fingerprint density at radius 3 is 2.94 bits per heavy atom. The fourth-order valence-corrected chi connectivity index (χ4v) is 1.81. The van der Waals surface area contributed by atoms with E-state index >= 15 is 0 Å². The number of anilines is 1. The minimum Gasteiger partial charge on any atom is -0.443 e. The molecular formula is C12H17N3O. The molecule has 0 spiro atoms. The molecule has 0 aliphatic rings. The average Bonchev–Trinajstić information content (AvgIpc) is 2.63. The third-order valence-electron chi connectivity index (χ3n) is 2.43. The summed E-state index contributed by atoms with van der Waals surface area (Å²) < 4.78 is 5.27. The Hall–Kier alpha value is -1.55. The molecule has 0 fully saturated rings. The Morgan fingerprint density at radius 2 is 2.19 bits per heavy atom. The molecule has 4 heteroatoms. The molecular weight excluding hydrogens is 202 g/mol. The van der Waals surface area contributed by atoms with Crippen molar-refractivity contribution < 1.29 is 4.42 Å². The fourth-order valence-electron chi connectivity index (χ4n) is 1.81. The van der Waals surface area contributed by atoms with E-state index in [9.17, 15) is 0 Å². The summed E-state index contributed by atoms with van der Waals surface area (Å²) in [4.78, 5) is 4.09. The molecule has 0 aliphatic carbocycles. The van der Waals surface area contributed by atoms with Crippen LogP contribution in [-0.2, 0) is 0 Å². The van der Waals surface area contributed by atoms with Crippen LogP contribution in [0.4, 0.5) is 5.69 Å². The Labute approximate surface area is 95.1 Å². The highest BCUT2D eigenvalue weighted by Gasteiger charge is 2.16. The number of benzene rings is 1. The first-order valence-electron chi connectivity index (χ1n) is 5.37. The van der Waals surface area contributed by atoms with Gasteiger partial charge >= 0.3 is 0 Å². The molecule has 2 N–H and O–H groups in total. The first kappa shape index (κ1) is 11.0. The van der Waals surface area contributed by atoms with Gasteiger partial charge in [-0.05, 0) is 33.0 Å². The monoisotopic (exact) mass is 219 g/mol. The summed E-state index contributed by atoms with van der Waals surface area (Å²) in [6.07, 6.45) is 1.47. The van der Waals surface area contributed by atoms with E-state index in [2.05, 4.69) is 29.5 Å². The minimum absolute atomic E-state index is 0.00243. The molecule has 0 aliphatic heterocycles. The van der Waals surface area contributed by atoms with E-state index in [0.29, 0.717) is 0 Å². The van der Waals surface area contributed by atoms with Crippen LogP contribution in [-0.4, -0.2) is 24.1 Å². The fraction of sp³-hybridized carbons (Fsp3) is 0.417. The highest BCUT2D eigenvalue weighted by molar-refractivity contribution is 5.76. The van der Waals surface area contributed by atoms with Gasteiger partial charge in [-0.15, -0.1) is 0 Å². The zero-order valence-electron chi connectivity index (χ0n) is 9.87. The van der Waals surface area contributed by atoms with Gasteiger partial charge in [0.15, 0.2) is 12.0 Å². The number of fused-ring (bicyclic) bond motifs is 1. The van der Waals surface area contributed by atoms with E-state index in [1.807, 2.05) is 25.2 Å². The molecule has 4 nitrogen and oxygen atoms in total. The van der Waals surface area contributed by atoms with Crippen LogP contribution in [0.3, 0.4) is 0 Å². The molecule has 0 amide bonds. The van der Waals surface area contributed by atoms with E-state index in [1.165, 1.54) is 6.39 Å². The van der Waals surface area contributed by atoms with Gasteiger partial charge < -0.3 is 15.1 Å². The summed E-state index contributed by atoms with van der Waals surface area (Å²) in [6, 6.07) is 5.94. The summed E-state index contributed by atoms with van der Waals surface area (Å²) in [6.45, 7) is 5.18. The number of oxazole rings is 1. The topological polar surface area (TPSA) is 50.1 Å². The predicted molar refractivity (Wildman–Crippen MR) is 65.6 cm³/mol. The number of rotatable bonds is 4. The van der Waals surface area contributed by atoms with Crippen molar-refractivity contribution in [1.82, 2.24) is 10.3 Å². The van der Waals surface area contributed by atoms with Crippen LogP contribution in [0.15, 0.2) is 29.0 Å². The van der Waals surface area contributed by atoms with Crippen molar-refractivity contribution in [3.05, 3.63) is 24.6 Å². The van der Waals surface area contributed by atoms with Crippen LogP contribution in [0.5, 0.6) is 0 Å². The third kappa shape index (κ3) is 2.33. The molecule has 1 aromatic carbocycles. The molecule has 0 radical (unpaired) electrons. The largest absolute Gasteiger partial charge is 0.443 e. The van der Waals surface area contributed by atoms with Crippen molar-refractivity contribution in [2.75, 3.05) is 18.9 Å². The van der Waals surface area contributed by atoms with Gasteiger partial charge in [0.25, 0.3) is 0 Å². The van der Waals surface area contributed by atoms with Gasteiger partial charge in [0.05, 0.1) is 0 Å². The molecule has 16 heavy (non-hydrogen) atoms. The smallest absolute Gasteiger partial charge is 0.181 e. The van der Waals surface area contributed by atoms with E-state index < -0.39 is 0 Å². The predicted octanol–water partition coefficient (Wildman–Crippen LogP) is 2.24. The minimum atomic E-state index is 0.00243. The lowest BCUT2D eigenvalue weighted by Gasteiger charge is -2.27. The Balaban J connectivity index is 2.20. The number of aromatic nitrogens is 1. The van der Waals surface area contributed by atoms with E-state index in [1.54, 1.807) is 0 Å². The standard InChI is InChI=1S/C12H17N3O/c1-12(2,7-13-3)15-9-4-5-10-11(6-9)16-8-14-10/h4-6,8,13,15H,7H2,1-3H3. The van der Waals surface area contributed by atoms with Gasteiger partial charge in [-0.3, -0.25) is 0 Å². The van der Waals surface area contributed by atoms with Crippen LogP contribution < -0.4 is 10.6 Å². The number of hydrogen-bond donors (Lipinski definition) is 2. The first-order chi connectivity index (χ1) is 7.61. The number of hydrogen-bond acceptors (Lipinski definition) is 4. The molecule has 1 aromatic heterocycles. The maximum Gasteiger partial charge on any atom is 0.181 e.